The predicted molar refractivity (Wildman–Crippen MR) is 108 cm³/mol. The highest BCUT2D eigenvalue weighted by Gasteiger charge is 2.15. The van der Waals surface area contributed by atoms with Crippen molar-refractivity contribution in [2.75, 3.05) is 0 Å². The van der Waals surface area contributed by atoms with Crippen molar-refractivity contribution >= 4 is 17.0 Å². The van der Waals surface area contributed by atoms with Crippen LogP contribution in [0.3, 0.4) is 0 Å². The molecule has 0 atom stereocenters. The number of carbonyl (C=O) groups is 1. The van der Waals surface area contributed by atoms with E-state index in [-0.39, 0.29) is 0 Å². The molecule has 2 aromatic carbocycles. The van der Waals surface area contributed by atoms with E-state index >= 15 is 0 Å². The van der Waals surface area contributed by atoms with E-state index in [9.17, 15) is 4.79 Å². The molecule has 0 saturated carbocycles. The fourth-order valence-corrected chi connectivity index (χ4v) is 3.02. The summed E-state index contributed by atoms with van der Waals surface area (Å²) in [6.45, 7) is 7.29. The van der Waals surface area contributed by atoms with Crippen LogP contribution in [0.4, 0.5) is 4.79 Å². The number of alkyl carbamates (subject to hydrolysis) is 1. The number of carbonyl (C=O) groups excluding carboxylic acids is 1. The van der Waals surface area contributed by atoms with E-state index < -0.39 is 11.7 Å². The number of ether oxygens (including phenoxy) is 1. The van der Waals surface area contributed by atoms with Crippen molar-refractivity contribution in [3.8, 4) is 0 Å². The Hall–Kier alpha value is -2.79. The van der Waals surface area contributed by atoms with Crippen LogP contribution in [0.5, 0.6) is 0 Å². The van der Waals surface area contributed by atoms with Crippen LogP contribution in [0.15, 0.2) is 54.7 Å². The second kappa shape index (κ2) is 7.84. The second-order valence-electron chi connectivity index (χ2n) is 7.72. The molecule has 0 aliphatic rings. The molecular formula is C22H27N3O2. The van der Waals surface area contributed by atoms with Gasteiger partial charge in [0.1, 0.15) is 5.60 Å². The molecule has 3 aromatic rings. The normalized spacial score (nSPS) is 11.6. The zero-order valence-electron chi connectivity index (χ0n) is 16.2. The fraction of sp³-hybridized carbons (Fsp3) is 0.318. The lowest BCUT2D eigenvalue weighted by Gasteiger charge is -2.19. The quantitative estimate of drug-likeness (QED) is 0.713. The van der Waals surface area contributed by atoms with Crippen molar-refractivity contribution in [3.63, 3.8) is 0 Å². The third kappa shape index (κ3) is 5.11. The zero-order chi connectivity index (χ0) is 19.4. The molecule has 27 heavy (non-hydrogen) atoms. The molecular weight excluding hydrogens is 338 g/mol. The van der Waals surface area contributed by atoms with Gasteiger partial charge in [-0.05, 0) is 55.0 Å². The van der Waals surface area contributed by atoms with E-state index in [0.29, 0.717) is 13.1 Å². The number of hydrogen-bond acceptors (Lipinski definition) is 3. The van der Waals surface area contributed by atoms with Gasteiger partial charge in [0.15, 0.2) is 0 Å². The van der Waals surface area contributed by atoms with E-state index in [0.717, 1.165) is 17.7 Å². The van der Waals surface area contributed by atoms with Crippen LogP contribution in [-0.4, -0.2) is 16.3 Å². The van der Waals surface area contributed by atoms with Crippen molar-refractivity contribution in [3.05, 3.63) is 71.4 Å². The van der Waals surface area contributed by atoms with Crippen molar-refractivity contribution < 1.29 is 9.53 Å². The maximum Gasteiger partial charge on any atom is 0.407 e. The van der Waals surface area contributed by atoms with Gasteiger partial charge in [0, 0.05) is 31.3 Å². The first-order valence-electron chi connectivity index (χ1n) is 9.16. The number of nitrogens with one attached hydrogen (secondary N) is 1. The summed E-state index contributed by atoms with van der Waals surface area (Å²) in [5, 5.41) is 4.01. The molecule has 1 amide bonds. The number of benzene rings is 2. The van der Waals surface area contributed by atoms with E-state index in [2.05, 4.69) is 52.5 Å². The Kier molecular flexibility index (Phi) is 5.51. The van der Waals surface area contributed by atoms with Crippen LogP contribution in [0.1, 0.15) is 37.5 Å². The fourth-order valence-electron chi connectivity index (χ4n) is 3.02. The Labute approximate surface area is 160 Å². The SMILES string of the molecule is CC(C)(C)OC(=O)NCc1cccc(Cn2ccc3ccc(CN)cc32)c1. The number of fused-ring (bicyclic) bond motifs is 1. The molecule has 0 unspecified atom stereocenters. The molecule has 1 heterocycles. The zero-order valence-corrected chi connectivity index (χ0v) is 16.2. The van der Waals surface area contributed by atoms with Crippen molar-refractivity contribution in [1.29, 1.82) is 0 Å². The molecule has 3 rings (SSSR count). The van der Waals surface area contributed by atoms with Gasteiger partial charge in [0.25, 0.3) is 0 Å². The smallest absolute Gasteiger partial charge is 0.407 e. The first-order valence-corrected chi connectivity index (χ1v) is 9.16. The topological polar surface area (TPSA) is 69.3 Å². The second-order valence-corrected chi connectivity index (χ2v) is 7.72. The Bertz CT molecular complexity index is 938. The van der Waals surface area contributed by atoms with Gasteiger partial charge >= 0.3 is 6.09 Å². The summed E-state index contributed by atoms with van der Waals surface area (Å²) < 4.78 is 7.50. The third-order valence-electron chi connectivity index (χ3n) is 4.25. The minimum Gasteiger partial charge on any atom is -0.444 e. The van der Waals surface area contributed by atoms with Gasteiger partial charge in [0.2, 0.25) is 0 Å². The average molecular weight is 365 g/mol. The lowest BCUT2D eigenvalue weighted by Crippen LogP contribution is -2.32. The Balaban J connectivity index is 1.70. The summed E-state index contributed by atoms with van der Waals surface area (Å²) in [6, 6.07) is 16.6. The average Bonchev–Trinajstić information content (AvgIpc) is 3.01. The van der Waals surface area contributed by atoms with Crippen LogP contribution < -0.4 is 11.1 Å². The van der Waals surface area contributed by atoms with Gasteiger partial charge in [-0.3, -0.25) is 0 Å². The number of nitrogens with zero attached hydrogens (tertiary/aromatic N) is 1. The number of aromatic nitrogens is 1. The minimum absolute atomic E-state index is 0.404. The van der Waals surface area contributed by atoms with Crippen LogP contribution in [0.2, 0.25) is 0 Å². The maximum absolute atomic E-state index is 11.8. The Morgan fingerprint density at radius 2 is 1.85 bits per heavy atom. The summed E-state index contributed by atoms with van der Waals surface area (Å²) in [6.07, 6.45) is 1.69. The highest BCUT2D eigenvalue weighted by atomic mass is 16.6. The van der Waals surface area contributed by atoms with Crippen molar-refractivity contribution in [2.45, 2.75) is 46.0 Å². The Morgan fingerprint density at radius 1 is 1.07 bits per heavy atom. The first kappa shape index (κ1) is 19.0. The lowest BCUT2D eigenvalue weighted by atomic mass is 10.1. The first-order chi connectivity index (χ1) is 12.8. The largest absolute Gasteiger partial charge is 0.444 e. The summed E-state index contributed by atoms with van der Waals surface area (Å²) in [5.41, 5.74) is 9.79. The summed E-state index contributed by atoms with van der Waals surface area (Å²) in [4.78, 5) is 11.8. The minimum atomic E-state index is -0.496. The number of nitrogens with two attached hydrogens (primary N) is 1. The molecule has 5 heteroatoms. The van der Waals surface area contributed by atoms with Gasteiger partial charge in [-0.2, -0.15) is 0 Å². The molecule has 3 N–H and O–H groups in total. The molecule has 142 valence electrons. The number of amides is 1. The number of rotatable bonds is 5. The van der Waals surface area contributed by atoms with Crippen LogP contribution in [0, 0.1) is 0 Å². The molecule has 0 radical (unpaired) electrons. The lowest BCUT2D eigenvalue weighted by molar-refractivity contribution is 0.0523. The molecule has 0 aliphatic heterocycles. The van der Waals surface area contributed by atoms with Crippen LogP contribution in [0.25, 0.3) is 10.9 Å². The van der Waals surface area contributed by atoms with Crippen LogP contribution in [-0.2, 0) is 24.4 Å². The van der Waals surface area contributed by atoms with E-state index in [1.807, 2.05) is 32.9 Å². The van der Waals surface area contributed by atoms with Crippen molar-refractivity contribution in [2.24, 2.45) is 5.73 Å². The summed E-state index contributed by atoms with van der Waals surface area (Å²) in [5.74, 6) is 0. The van der Waals surface area contributed by atoms with Crippen LogP contribution >= 0.6 is 0 Å². The van der Waals surface area contributed by atoms with E-state index in [1.54, 1.807) is 0 Å². The third-order valence-corrected chi connectivity index (χ3v) is 4.25. The van der Waals surface area contributed by atoms with Gasteiger partial charge in [0.05, 0.1) is 0 Å². The molecule has 0 spiro atoms. The van der Waals surface area contributed by atoms with Gasteiger partial charge in [-0.15, -0.1) is 0 Å². The standard InChI is InChI=1S/C22H27N3O2/c1-22(2,3)27-21(26)24-14-17-5-4-6-18(11-17)15-25-10-9-19-8-7-16(13-23)12-20(19)25/h4-12H,13-15,23H2,1-3H3,(H,24,26). The van der Waals surface area contributed by atoms with E-state index in [4.69, 9.17) is 10.5 Å². The summed E-state index contributed by atoms with van der Waals surface area (Å²) >= 11 is 0. The maximum atomic E-state index is 11.8. The molecule has 0 bridgehead atoms. The monoisotopic (exact) mass is 365 g/mol. The molecule has 5 nitrogen and oxygen atoms in total. The van der Waals surface area contributed by atoms with Gasteiger partial charge in [-0.1, -0.05) is 36.4 Å². The highest BCUT2D eigenvalue weighted by Crippen LogP contribution is 2.19. The van der Waals surface area contributed by atoms with Gasteiger partial charge < -0.3 is 20.4 Å². The van der Waals surface area contributed by atoms with Gasteiger partial charge in [-0.25, -0.2) is 4.79 Å². The number of hydrogen-bond donors (Lipinski definition) is 2. The van der Waals surface area contributed by atoms with E-state index in [1.165, 1.54) is 16.5 Å². The predicted octanol–water partition coefficient (Wildman–Crippen LogP) is 4.17. The molecule has 0 aliphatic carbocycles. The van der Waals surface area contributed by atoms with Crippen molar-refractivity contribution in [1.82, 2.24) is 9.88 Å². The molecule has 0 saturated heterocycles. The molecule has 1 aromatic heterocycles. The Morgan fingerprint density at radius 3 is 2.59 bits per heavy atom. The summed E-state index contributed by atoms with van der Waals surface area (Å²) in [7, 11) is 0. The molecule has 0 fully saturated rings. The highest BCUT2D eigenvalue weighted by molar-refractivity contribution is 5.81.